The molecule has 8 heteroatoms. The highest BCUT2D eigenvalue weighted by Crippen LogP contribution is 2.38. The zero-order valence-electron chi connectivity index (χ0n) is 13.5. The number of rotatable bonds is 5. The third-order valence-electron chi connectivity index (χ3n) is 3.37. The number of carbonyl (C=O) groups excluding carboxylic acids is 2. The molecule has 1 aromatic heterocycles. The standard InChI is InChI=1S/C16H19NO5S2/c1-3-5-6-7-13(18)17-15-14(16(19)22-4-2)11-8-9-24(20,21)10-12(11)23-15/h3,5-7H,4,8-10H2,1-2H3,(H,17,18)/b5-3+,7-6+. The van der Waals surface area contributed by atoms with Gasteiger partial charge in [0.2, 0.25) is 5.91 Å². The molecule has 0 aliphatic carbocycles. The predicted molar refractivity (Wildman–Crippen MR) is 94.1 cm³/mol. The maximum atomic E-state index is 12.3. The lowest BCUT2D eigenvalue weighted by Gasteiger charge is -2.13. The van der Waals surface area contributed by atoms with E-state index in [1.54, 1.807) is 25.2 Å². The molecule has 1 aliphatic heterocycles. The SMILES string of the molecule is C/C=C/C=C/C(=O)Nc1sc2c(c1C(=O)OCC)CCS(=O)(=O)C2. The van der Waals surface area contributed by atoms with E-state index in [9.17, 15) is 18.0 Å². The smallest absolute Gasteiger partial charge is 0.341 e. The number of esters is 1. The van der Waals surface area contributed by atoms with Gasteiger partial charge < -0.3 is 10.1 Å². The molecule has 0 aromatic carbocycles. The van der Waals surface area contributed by atoms with E-state index in [0.29, 0.717) is 15.4 Å². The van der Waals surface area contributed by atoms with Crippen LogP contribution in [0.4, 0.5) is 5.00 Å². The number of fused-ring (bicyclic) bond motifs is 1. The normalized spacial score (nSPS) is 16.2. The molecule has 1 aliphatic rings. The molecule has 24 heavy (non-hydrogen) atoms. The molecule has 0 spiro atoms. The Hall–Kier alpha value is -1.93. The van der Waals surface area contributed by atoms with Crippen LogP contribution in [-0.2, 0) is 31.5 Å². The summed E-state index contributed by atoms with van der Waals surface area (Å²) in [5.41, 5.74) is 0.945. The van der Waals surface area contributed by atoms with Crippen molar-refractivity contribution in [2.24, 2.45) is 0 Å². The van der Waals surface area contributed by atoms with Crippen LogP contribution in [0.3, 0.4) is 0 Å². The Balaban J connectivity index is 2.37. The van der Waals surface area contributed by atoms with E-state index in [1.165, 1.54) is 6.08 Å². The summed E-state index contributed by atoms with van der Waals surface area (Å²) < 4.78 is 28.7. The van der Waals surface area contributed by atoms with Crippen molar-refractivity contribution in [2.45, 2.75) is 26.0 Å². The van der Waals surface area contributed by atoms with Crippen LogP contribution in [0.25, 0.3) is 0 Å². The van der Waals surface area contributed by atoms with Crippen LogP contribution in [0.2, 0.25) is 0 Å². The summed E-state index contributed by atoms with van der Waals surface area (Å²) in [5.74, 6) is -1.04. The molecule has 2 rings (SSSR count). The summed E-state index contributed by atoms with van der Waals surface area (Å²) in [7, 11) is -3.16. The van der Waals surface area contributed by atoms with E-state index < -0.39 is 15.8 Å². The first-order chi connectivity index (χ1) is 11.4. The van der Waals surface area contributed by atoms with Gasteiger partial charge in [0.25, 0.3) is 0 Å². The number of thiophene rings is 1. The molecule has 1 amide bonds. The Morgan fingerprint density at radius 2 is 2.08 bits per heavy atom. The molecule has 130 valence electrons. The topological polar surface area (TPSA) is 89.5 Å². The minimum absolute atomic E-state index is 0.00226. The Bertz CT molecular complexity index is 803. The lowest BCUT2D eigenvalue weighted by molar-refractivity contribution is -0.111. The number of ether oxygens (including phenoxy) is 1. The van der Waals surface area contributed by atoms with E-state index in [4.69, 9.17) is 4.74 Å². The fourth-order valence-electron chi connectivity index (χ4n) is 2.34. The average Bonchev–Trinajstić information content (AvgIpc) is 2.83. The molecule has 0 saturated heterocycles. The molecule has 1 N–H and O–H groups in total. The lowest BCUT2D eigenvalue weighted by Crippen LogP contribution is -2.20. The Morgan fingerprint density at radius 3 is 2.75 bits per heavy atom. The molecule has 0 unspecified atom stereocenters. The van der Waals surface area contributed by atoms with Crippen LogP contribution in [0.1, 0.15) is 34.6 Å². The number of carbonyl (C=O) groups is 2. The zero-order valence-corrected chi connectivity index (χ0v) is 15.1. The van der Waals surface area contributed by atoms with Crippen molar-refractivity contribution in [1.29, 1.82) is 0 Å². The Labute approximate surface area is 145 Å². The van der Waals surface area contributed by atoms with Crippen LogP contribution in [0.5, 0.6) is 0 Å². The number of hydrogen-bond acceptors (Lipinski definition) is 6. The van der Waals surface area contributed by atoms with Gasteiger partial charge >= 0.3 is 5.97 Å². The summed E-state index contributed by atoms with van der Waals surface area (Å²) in [6.07, 6.45) is 6.66. The third kappa shape index (κ3) is 4.33. The van der Waals surface area contributed by atoms with Crippen LogP contribution >= 0.6 is 11.3 Å². The molecule has 0 saturated carbocycles. The predicted octanol–water partition coefficient (Wildman–Crippen LogP) is 2.47. The fourth-order valence-corrected chi connectivity index (χ4v) is 5.38. The Kier molecular flexibility index (Phi) is 5.95. The van der Waals surface area contributed by atoms with Crippen LogP contribution in [-0.4, -0.2) is 32.7 Å². The van der Waals surface area contributed by atoms with Gasteiger partial charge in [0.1, 0.15) is 5.00 Å². The monoisotopic (exact) mass is 369 g/mol. The van der Waals surface area contributed by atoms with Gasteiger partial charge in [-0.1, -0.05) is 18.2 Å². The van der Waals surface area contributed by atoms with E-state index in [-0.39, 0.29) is 36.0 Å². The summed E-state index contributed by atoms with van der Waals surface area (Å²) in [6.45, 7) is 3.73. The molecule has 6 nitrogen and oxygen atoms in total. The molecule has 0 radical (unpaired) electrons. The zero-order chi connectivity index (χ0) is 17.7. The molecule has 0 fully saturated rings. The minimum Gasteiger partial charge on any atom is -0.462 e. The second-order valence-corrected chi connectivity index (χ2v) is 8.43. The number of hydrogen-bond donors (Lipinski definition) is 1. The van der Waals surface area contributed by atoms with Gasteiger partial charge in [-0.25, -0.2) is 13.2 Å². The third-order valence-corrected chi connectivity index (χ3v) is 6.26. The minimum atomic E-state index is -3.16. The quantitative estimate of drug-likeness (QED) is 0.489. The molecule has 0 bridgehead atoms. The van der Waals surface area contributed by atoms with E-state index >= 15 is 0 Å². The highest BCUT2D eigenvalue weighted by Gasteiger charge is 2.31. The first-order valence-corrected chi connectivity index (χ1v) is 10.1. The van der Waals surface area contributed by atoms with Gasteiger partial charge in [-0.3, -0.25) is 4.79 Å². The number of allylic oxidation sites excluding steroid dienone is 3. The van der Waals surface area contributed by atoms with E-state index in [0.717, 1.165) is 11.3 Å². The van der Waals surface area contributed by atoms with Crippen molar-refractivity contribution < 1.29 is 22.7 Å². The molecule has 2 heterocycles. The van der Waals surface area contributed by atoms with E-state index in [2.05, 4.69) is 5.32 Å². The van der Waals surface area contributed by atoms with Gasteiger partial charge in [0.15, 0.2) is 9.84 Å². The maximum absolute atomic E-state index is 12.3. The summed E-state index contributed by atoms with van der Waals surface area (Å²) in [5, 5.41) is 3.00. The first-order valence-electron chi connectivity index (χ1n) is 7.50. The van der Waals surface area contributed by atoms with Crippen molar-refractivity contribution in [3.63, 3.8) is 0 Å². The number of nitrogens with one attached hydrogen (secondary N) is 1. The van der Waals surface area contributed by atoms with Crippen molar-refractivity contribution in [1.82, 2.24) is 0 Å². The second kappa shape index (κ2) is 7.76. The number of amides is 1. The van der Waals surface area contributed by atoms with Gasteiger partial charge in [-0.15, -0.1) is 11.3 Å². The van der Waals surface area contributed by atoms with Crippen LogP contribution in [0.15, 0.2) is 24.3 Å². The molecule has 0 atom stereocenters. The average molecular weight is 369 g/mol. The van der Waals surface area contributed by atoms with Gasteiger partial charge in [-0.2, -0.15) is 0 Å². The summed E-state index contributed by atoms with van der Waals surface area (Å²) in [4.78, 5) is 24.8. The largest absolute Gasteiger partial charge is 0.462 e. The van der Waals surface area contributed by atoms with Gasteiger partial charge in [-0.05, 0) is 25.8 Å². The van der Waals surface area contributed by atoms with E-state index in [1.807, 2.05) is 6.92 Å². The highest BCUT2D eigenvalue weighted by molar-refractivity contribution is 7.90. The lowest BCUT2D eigenvalue weighted by atomic mass is 10.1. The fraction of sp³-hybridized carbons (Fsp3) is 0.375. The van der Waals surface area contributed by atoms with Crippen LogP contribution < -0.4 is 5.32 Å². The second-order valence-electron chi connectivity index (χ2n) is 5.14. The highest BCUT2D eigenvalue weighted by atomic mass is 32.2. The van der Waals surface area contributed by atoms with Crippen molar-refractivity contribution in [3.05, 3.63) is 40.3 Å². The maximum Gasteiger partial charge on any atom is 0.341 e. The first kappa shape index (κ1) is 18.4. The molecular weight excluding hydrogens is 350 g/mol. The number of anilines is 1. The summed E-state index contributed by atoms with van der Waals surface area (Å²) >= 11 is 1.12. The van der Waals surface area contributed by atoms with Crippen LogP contribution in [0, 0.1) is 0 Å². The number of sulfone groups is 1. The molecular formula is C16H19NO5S2. The van der Waals surface area contributed by atoms with Gasteiger partial charge in [0.05, 0.1) is 23.7 Å². The van der Waals surface area contributed by atoms with Crippen molar-refractivity contribution in [3.8, 4) is 0 Å². The summed E-state index contributed by atoms with van der Waals surface area (Å²) in [6, 6.07) is 0. The molecule has 1 aromatic rings. The van der Waals surface area contributed by atoms with Crippen molar-refractivity contribution >= 4 is 38.1 Å². The van der Waals surface area contributed by atoms with Gasteiger partial charge in [0, 0.05) is 11.0 Å². The Morgan fingerprint density at radius 1 is 1.33 bits per heavy atom. The van der Waals surface area contributed by atoms with Crippen molar-refractivity contribution in [2.75, 3.05) is 17.7 Å².